The number of rotatable bonds is 3. The van der Waals surface area contributed by atoms with Crippen LogP contribution in [0.15, 0.2) is 36.4 Å². The Bertz CT molecular complexity index is 846. The highest BCUT2D eigenvalue weighted by Gasteiger charge is 2.21. The van der Waals surface area contributed by atoms with E-state index in [1.54, 1.807) is 41.3 Å². The first-order valence-electron chi connectivity index (χ1n) is 8.68. The van der Waals surface area contributed by atoms with Crippen LogP contribution in [0.5, 0.6) is 11.5 Å². The summed E-state index contributed by atoms with van der Waals surface area (Å²) < 4.78 is 11.0. The molecule has 1 aromatic heterocycles. The van der Waals surface area contributed by atoms with Crippen LogP contribution in [0.25, 0.3) is 0 Å². The molecule has 26 heavy (non-hydrogen) atoms. The number of hydrogen-bond acceptors (Lipinski definition) is 5. The molecule has 1 fully saturated rings. The first-order chi connectivity index (χ1) is 12.7. The number of amides is 2. The Kier molecular flexibility index (Phi) is 4.43. The van der Waals surface area contributed by atoms with Crippen molar-refractivity contribution < 1.29 is 19.1 Å². The lowest BCUT2D eigenvalue weighted by molar-refractivity contribution is 0.0787. The lowest BCUT2D eigenvalue weighted by Gasteiger charge is -2.19. The fraction of sp³-hybridized carbons (Fsp3) is 0.316. The molecule has 2 aliphatic rings. The minimum absolute atomic E-state index is 0.128. The van der Waals surface area contributed by atoms with Gasteiger partial charge >= 0.3 is 0 Å². The molecule has 0 radical (unpaired) electrons. The quantitative estimate of drug-likeness (QED) is 0.916. The molecule has 3 heterocycles. The highest BCUT2D eigenvalue weighted by molar-refractivity contribution is 6.04. The Labute approximate surface area is 150 Å². The summed E-state index contributed by atoms with van der Waals surface area (Å²) in [5.41, 5.74) is 1.07. The van der Waals surface area contributed by atoms with Crippen molar-refractivity contribution in [1.29, 1.82) is 0 Å². The molecule has 0 atom stereocenters. The van der Waals surface area contributed by atoms with Crippen LogP contribution >= 0.6 is 0 Å². The number of benzene rings is 1. The molecule has 2 aliphatic heterocycles. The second-order valence-corrected chi connectivity index (χ2v) is 6.22. The van der Waals surface area contributed by atoms with Gasteiger partial charge in [-0.05, 0) is 37.1 Å². The third-order valence-electron chi connectivity index (χ3n) is 4.39. The fourth-order valence-electron chi connectivity index (χ4n) is 3.08. The van der Waals surface area contributed by atoms with E-state index in [9.17, 15) is 9.59 Å². The average Bonchev–Trinajstić information content (AvgIpc) is 3.22. The summed E-state index contributed by atoms with van der Waals surface area (Å²) in [7, 11) is 0. The van der Waals surface area contributed by atoms with E-state index in [1.807, 2.05) is 0 Å². The van der Waals surface area contributed by atoms with Crippen molar-refractivity contribution in [3.05, 3.63) is 47.8 Å². The molecule has 1 aromatic carbocycles. The number of anilines is 1. The van der Waals surface area contributed by atoms with E-state index in [0.717, 1.165) is 25.9 Å². The molecule has 0 unspecified atom stereocenters. The molecule has 7 nitrogen and oxygen atoms in total. The Morgan fingerprint density at radius 1 is 0.962 bits per heavy atom. The number of nitrogens with zero attached hydrogens (tertiary/aromatic N) is 2. The third kappa shape index (κ3) is 3.33. The highest BCUT2D eigenvalue weighted by Crippen LogP contribution is 2.32. The highest BCUT2D eigenvalue weighted by atomic mass is 16.6. The van der Waals surface area contributed by atoms with Crippen LogP contribution < -0.4 is 14.8 Å². The van der Waals surface area contributed by atoms with E-state index >= 15 is 0 Å². The predicted molar refractivity (Wildman–Crippen MR) is 94.8 cm³/mol. The molecule has 7 heteroatoms. The molecule has 2 aromatic rings. The summed E-state index contributed by atoms with van der Waals surface area (Å²) in [5.74, 6) is 0.750. The van der Waals surface area contributed by atoms with E-state index in [-0.39, 0.29) is 17.5 Å². The maximum Gasteiger partial charge on any atom is 0.274 e. The fourth-order valence-corrected chi connectivity index (χ4v) is 3.08. The monoisotopic (exact) mass is 353 g/mol. The van der Waals surface area contributed by atoms with Gasteiger partial charge in [0.2, 0.25) is 0 Å². The zero-order valence-electron chi connectivity index (χ0n) is 14.2. The Morgan fingerprint density at radius 3 is 2.50 bits per heavy atom. The minimum Gasteiger partial charge on any atom is -0.486 e. The molecular weight excluding hydrogens is 334 g/mol. The van der Waals surface area contributed by atoms with E-state index < -0.39 is 0 Å². The first-order valence-corrected chi connectivity index (χ1v) is 8.68. The minimum atomic E-state index is -0.377. The molecule has 0 aliphatic carbocycles. The van der Waals surface area contributed by atoms with Gasteiger partial charge in [0.05, 0.1) is 0 Å². The van der Waals surface area contributed by atoms with Crippen LogP contribution in [0.1, 0.15) is 33.8 Å². The van der Waals surface area contributed by atoms with Gasteiger partial charge in [0.1, 0.15) is 24.6 Å². The van der Waals surface area contributed by atoms with Crippen molar-refractivity contribution in [3.8, 4) is 11.5 Å². The number of carbonyl (C=O) groups is 2. The molecule has 1 saturated heterocycles. The summed E-state index contributed by atoms with van der Waals surface area (Å²) in [4.78, 5) is 31.0. The predicted octanol–water partition coefficient (Wildman–Crippen LogP) is 2.34. The normalized spacial score (nSPS) is 15.6. The van der Waals surface area contributed by atoms with Crippen LogP contribution in [-0.2, 0) is 0 Å². The summed E-state index contributed by atoms with van der Waals surface area (Å²) >= 11 is 0. The van der Waals surface area contributed by atoms with Crippen LogP contribution in [0.3, 0.4) is 0 Å². The second-order valence-electron chi connectivity index (χ2n) is 6.22. The number of aromatic nitrogens is 1. The molecule has 0 spiro atoms. The lowest BCUT2D eigenvalue weighted by atomic mass is 10.2. The molecular formula is C19H19N3O4. The van der Waals surface area contributed by atoms with Gasteiger partial charge in [0.25, 0.3) is 11.8 Å². The van der Waals surface area contributed by atoms with Crippen molar-refractivity contribution >= 4 is 17.5 Å². The zero-order valence-corrected chi connectivity index (χ0v) is 14.2. The molecule has 2 amide bonds. The number of hydrogen-bond donors (Lipinski definition) is 1. The van der Waals surface area contributed by atoms with E-state index in [0.29, 0.717) is 36.1 Å². The second kappa shape index (κ2) is 7.03. The van der Waals surface area contributed by atoms with Crippen LogP contribution in [0.4, 0.5) is 5.69 Å². The Hall–Kier alpha value is -3.09. The van der Waals surface area contributed by atoms with Crippen molar-refractivity contribution in [1.82, 2.24) is 9.88 Å². The summed E-state index contributed by atoms with van der Waals surface area (Å²) in [5, 5.41) is 2.78. The maximum atomic E-state index is 12.5. The molecule has 134 valence electrons. The van der Waals surface area contributed by atoms with Crippen LogP contribution in [0, 0.1) is 0 Å². The number of pyridine rings is 1. The lowest BCUT2D eigenvalue weighted by Crippen LogP contribution is -2.29. The number of carbonyl (C=O) groups excluding carboxylic acids is 2. The molecule has 0 bridgehead atoms. The van der Waals surface area contributed by atoms with E-state index in [4.69, 9.17) is 9.47 Å². The Morgan fingerprint density at radius 2 is 1.69 bits per heavy atom. The van der Waals surface area contributed by atoms with Gasteiger partial charge in [-0.1, -0.05) is 6.07 Å². The molecule has 1 N–H and O–H groups in total. The maximum absolute atomic E-state index is 12.5. The van der Waals surface area contributed by atoms with Crippen molar-refractivity contribution in [2.24, 2.45) is 0 Å². The van der Waals surface area contributed by atoms with E-state index in [2.05, 4.69) is 10.3 Å². The number of ether oxygens (including phenoxy) is 2. The van der Waals surface area contributed by atoms with Gasteiger partial charge in [-0.15, -0.1) is 0 Å². The standard InChI is InChI=1S/C19H19N3O4/c23-18(20-13-6-7-16-17(12-13)26-11-10-25-16)14-4-3-5-15(21-14)19(24)22-8-1-2-9-22/h3-7,12H,1-2,8-11H2,(H,20,23). The van der Waals surface area contributed by atoms with Gasteiger partial charge in [0, 0.05) is 24.8 Å². The van der Waals surface area contributed by atoms with E-state index in [1.165, 1.54) is 0 Å². The zero-order chi connectivity index (χ0) is 17.9. The Balaban J connectivity index is 1.49. The summed E-state index contributed by atoms with van der Waals surface area (Å²) in [6.45, 7) is 2.48. The van der Waals surface area contributed by atoms with Gasteiger partial charge in [-0.3, -0.25) is 9.59 Å². The summed E-state index contributed by atoms with van der Waals surface area (Å²) in [6, 6.07) is 10.1. The topological polar surface area (TPSA) is 80.8 Å². The average molecular weight is 353 g/mol. The molecule has 4 rings (SSSR count). The van der Waals surface area contributed by atoms with Crippen molar-refractivity contribution in [2.45, 2.75) is 12.8 Å². The largest absolute Gasteiger partial charge is 0.486 e. The van der Waals surface area contributed by atoms with Crippen LogP contribution in [-0.4, -0.2) is 48.0 Å². The number of nitrogens with one attached hydrogen (secondary N) is 1. The molecule has 0 saturated carbocycles. The van der Waals surface area contributed by atoms with Gasteiger partial charge in [-0.2, -0.15) is 0 Å². The van der Waals surface area contributed by atoms with Gasteiger partial charge in [0.15, 0.2) is 11.5 Å². The van der Waals surface area contributed by atoms with Gasteiger partial charge in [-0.25, -0.2) is 4.98 Å². The van der Waals surface area contributed by atoms with Crippen molar-refractivity contribution in [2.75, 3.05) is 31.6 Å². The SMILES string of the molecule is O=C(Nc1ccc2c(c1)OCCO2)c1cccc(C(=O)N2CCCC2)n1. The smallest absolute Gasteiger partial charge is 0.274 e. The van der Waals surface area contributed by atoms with Crippen molar-refractivity contribution in [3.63, 3.8) is 0 Å². The van der Waals surface area contributed by atoms with Gasteiger partial charge < -0.3 is 19.7 Å². The number of fused-ring (bicyclic) bond motifs is 1. The van der Waals surface area contributed by atoms with Crippen LogP contribution in [0.2, 0.25) is 0 Å². The first kappa shape index (κ1) is 16.4. The number of likely N-dealkylation sites (tertiary alicyclic amines) is 1. The third-order valence-corrected chi connectivity index (χ3v) is 4.39. The summed E-state index contributed by atoms with van der Waals surface area (Å²) in [6.07, 6.45) is 2.02.